The maximum absolute atomic E-state index is 11.6. The second-order valence-electron chi connectivity index (χ2n) is 11.1. The van der Waals surface area contributed by atoms with Crippen LogP contribution in [0.2, 0.25) is 0 Å². The molecule has 0 amide bonds. The second-order valence-corrected chi connectivity index (χ2v) is 11.1. The lowest BCUT2D eigenvalue weighted by molar-refractivity contribution is -0.272. The Kier molecular flexibility index (Phi) is 7.24. The first-order valence-corrected chi connectivity index (χ1v) is 12.8. The van der Waals surface area contributed by atoms with Crippen molar-refractivity contribution in [2.24, 2.45) is 5.92 Å². The molecule has 1 aromatic carbocycles. The largest absolute Gasteiger partial charge is 0.504 e. The van der Waals surface area contributed by atoms with Gasteiger partial charge >= 0.3 is 5.97 Å². The molecule has 1 aromatic rings. The standard InChI is InChI=1S/C28H40O7/c1-12(2)10-18-11-14(4)19-9-8-13(3)20-22(19)21(18)15(5)23(30)26(20)35-28-25(32)27(34-17(7)29)24(31)16(6)33-28/h10,13-14,16,18-19,24-25,27-28,30-32H,8-9,11H2,1-7H3/t13-,14+,16-,18+,19-,24-,25+,27+,28-/m1/s1. The summed E-state index contributed by atoms with van der Waals surface area (Å²) in [4.78, 5) is 11.6. The van der Waals surface area contributed by atoms with Crippen LogP contribution >= 0.6 is 0 Å². The first-order valence-electron chi connectivity index (χ1n) is 12.8. The molecule has 1 saturated heterocycles. The molecule has 1 aliphatic heterocycles. The molecule has 0 unspecified atom stereocenters. The van der Waals surface area contributed by atoms with E-state index in [4.69, 9.17) is 14.2 Å². The molecule has 0 aromatic heterocycles. The number of benzene rings is 1. The number of ether oxygens (including phenoxy) is 3. The van der Waals surface area contributed by atoms with Crippen molar-refractivity contribution in [3.63, 3.8) is 0 Å². The number of phenolic OH excluding ortho intramolecular Hbond substituents is 1. The predicted molar refractivity (Wildman–Crippen MR) is 132 cm³/mol. The van der Waals surface area contributed by atoms with Gasteiger partial charge in [0.25, 0.3) is 0 Å². The van der Waals surface area contributed by atoms with Crippen LogP contribution in [0.25, 0.3) is 0 Å². The van der Waals surface area contributed by atoms with E-state index in [2.05, 4.69) is 33.8 Å². The van der Waals surface area contributed by atoms with Crippen molar-refractivity contribution in [3.05, 3.63) is 33.9 Å². The van der Waals surface area contributed by atoms with Crippen molar-refractivity contribution in [1.29, 1.82) is 0 Å². The van der Waals surface area contributed by atoms with Crippen molar-refractivity contribution in [2.75, 3.05) is 0 Å². The highest BCUT2D eigenvalue weighted by atomic mass is 16.7. The topological polar surface area (TPSA) is 105 Å². The van der Waals surface area contributed by atoms with Gasteiger partial charge in [-0.05, 0) is 81.4 Å². The number of phenols is 1. The first-order chi connectivity index (χ1) is 16.4. The van der Waals surface area contributed by atoms with E-state index in [0.29, 0.717) is 17.6 Å². The number of rotatable bonds is 4. The van der Waals surface area contributed by atoms with Gasteiger partial charge in [-0.25, -0.2) is 0 Å². The van der Waals surface area contributed by atoms with E-state index < -0.39 is 36.7 Å². The van der Waals surface area contributed by atoms with Gasteiger partial charge in [0.15, 0.2) is 23.7 Å². The number of aliphatic hydroxyl groups is 2. The lowest BCUT2D eigenvalue weighted by Gasteiger charge is -2.45. The van der Waals surface area contributed by atoms with Crippen LogP contribution in [0.5, 0.6) is 11.5 Å². The SMILES string of the molecule is CC(=O)O[C@@H]1[C@H](O)[C@@H](Oc2c(O)c(C)c3c4c2[C@H](C)CC[C@@H]4[C@@H](C)C[C@@H]3C=C(C)C)O[C@H](C)[C@H]1O. The van der Waals surface area contributed by atoms with Gasteiger partial charge < -0.3 is 29.5 Å². The summed E-state index contributed by atoms with van der Waals surface area (Å²) in [5.74, 6) is 1.04. The molecule has 3 aliphatic rings. The maximum atomic E-state index is 11.6. The molecule has 4 rings (SSSR count). The summed E-state index contributed by atoms with van der Waals surface area (Å²) in [6.45, 7) is 13.5. The Balaban J connectivity index is 1.82. The Morgan fingerprint density at radius 1 is 1.03 bits per heavy atom. The number of esters is 1. The van der Waals surface area contributed by atoms with Crippen molar-refractivity contribution >= 4 is 5.97 Å². The van der Waals surface area contributed by atoms with Crippen LogP contribution in [0.4, 0.5) is 0 Å². The molecule has 3 N–H and O–H groups in total. The lowest BCUT2D eigenvalue weighted by Crippen LogP contribution is -2.59. The van der Waals surface area contributed by atoms with Crippen molar-refractivity contribution in [1.82, 2.24) is 0 Å². The molecule has 7 heteroatoms. The van der Waals surface area contributed by atoms with Gasteiger partial charge in [0.1, 0.15) is 6.10 Å². The smallest absolute Gasteiger partial charge is 0.303 e. The number of allylic oxidation sites excluding steroid dienone is 2. The zero-order valence-electron chi connectivity index (χ0n) is 21.9. The fraction of sp³-hybridized carbons (Fsp3) is 0.679. The average Bonchev–Trinajstić information content (AvgIpc) is 2.76. The molecule has 0 bridgehead atoms. The number of aliphatic hydroxyl groups excluding tert-OH is 2. The summed E-state index contributed by atoms with van der Waals surface area (Å²) < 4.78 is 17.3. The molecule has 35 heavy (non-hydrogen) atoms. The van der Waals surface area contributed by atoms with Crippen LogP contribution in [0.3, 0.4) is 0 Å². The van der Waals surface area contributed by atoms with Crippen LogP contribution in [0, 0.1) is 12.8 Å². The quantitative estimate of drug-likeness (QED) is 0.422. The van der Waals surface area contributed by atoms with Gasteiger partial charge in [0, 0.05) is 18.4 Å². The summed E-state index contributed by atoms with van der Waals surface area (Å²) in [7, 11) is 0. The number of aromatic hydroxyl groups is 1. The van der Waals surface area contributed by atoms with E-state index in [1.54, 1.807) is 6.92 Å². The van der Waals surface area contributed by atoms with Crippen LogP contribution in [-0.2, 0) is 14.3 Å². The van der Waals surface area contributed by atoms with Crippen molar-refractivity contribution in [2.45, 2.75) is 116 Å². The number of hydrogen-bond donors (Lipinski definition) is 3. The molecule has 2 aliphatic carbocycles. The third kappa shape index (κ3) is 4.58. The van der Waals surface area contributed by atoms with Crippen LogP contribution < -0.4 is 4.74 Å². The lowest BCUT2D eigenvalue weighted by atomic mass is 9.62. The highest BCUT2D eigenvalue weighted by molar-refractivity contribution is 5.66. The van der Waals surface area contributed by atoms with Gasteiger partial charge in [-0.2, -0.15) is 0 Å². The normalized spacial score (nSPS) is 36.2. The minimum absolute atomic E-state index is 0.0616. The van der Waals surface area contributed by atoms with Gasteiger partial charge in [-0.1, -0.05) is 25.5 Å². The summed E-state index contributed by atoms with van der Waals surface area (Å²) >= 11 is 0. The Bertz CT molecular complexity index is 1010. The molecular formula is C28H40O7. The van der Waals surface area contributed by atoms with Gasteiger partial charge in [0.05, 0.1) is 6.10 Å². The van der Waals surface area contributed by atoms with E-state index in [1.807, 2.05) is 6.92 Å². The van der Waals surface area contributed by atoms with Crippen LogP contribution in [-0.4, -0.2) is 52.0 Å². The van der Waals surface area contributed by atoms with Gasteiger partial charge in [-0.3, -0.25) is 4.79 Å². The minimum atomic E-state index is -1.42. The van der Waals surface area contributed by atoms with E-state index in [-0.39, 0.29) is 17.6 Å². The molecule has 0 spiro atoms. The molecule has 0 saturated carbocycles. The highest BCUT2D eigenvalue weighted by Gasteiger charge is 2.48. The molecule has 1 fully saturated rings. The molecule has 194 valence electrons. The number of carbonyl (C=O) groups excluding carboxylic acids is 1. The van der Waals surface area contributed by atoms with E-state index in [9.17, 15) is 20.1 Å². The first kappa shape index (κ1) is 26.0. The molecule has 1 heterocycles. The second kappa shape index (κ2) is 9.75. The predicted octanol–water partition coefficient (Wildman–Crippen LogP) is 4.55. The number of carbonyl (C=O) groups is 1. The molecule has 9 atom stereocenters. The Hall–Kier alpha value is -2.09. The fourth-order valence-electron chi connectivity index (χ4n) is 6.45. The number of hydrogen-bond acceptors (Lipinski definition) is 7. The highest BCUT2D eigenvalue weighted by Crippen LogP contribution is 2.58. The van der Waals surface area contributed by atoms with E-state index >= 15 is 0 Å². The van der Waals surface area contributed by atoms with Crippen LogP contribution in [0.1, 0.15) is 101 Å². The zero-order valence-corrected chi connectivity index (χ0v) is 21.9. The van der Waals surface area contributed by atoms with Crippen molar-refractivity contribution < 1.29 is 34.3 Å². The monoisotopic (exact) mass is 488 g/mol. The molecular weight excluding hydrogens is 448 g/mol. The average molecular weight is 489 g/mol. The summed E-state index contributed by atoms with van der Waals surface area (Å²) in [5, 5.41) is 32.8. The Morgan fingerprint density at radius 2 is 1.71 bits per heavy atom. The summed E-state index contributed by atoms with van der Waals surface area (Å²) in [6, 6.07) is 0. The molecule has 7 nitrogen and oxygen atoms in total. The van der Waals surface area contributed by atoms with E-state index in [1.165, 1.54) is 23.6 Å². The van der Waals surface area contributed by atoms with Crippen LogP contribution in [0.15, 0.2) is 11.6 Å². The fourth-order valence-corrected chi connectivity index (χ4v) is 6.45. The molecule has 0 radical (unpaired) electrons. The minimum Gasteiger partial charge on any atom is -0.504 e. The third-order valence-electron chi connectivity index (χ3n) is 8.11. The Labute approximate surface area is 208 Å². The summed E-state index contributed by atoms with van der Waals surface area (Å²) in [6.07, 6.45) is -0.334. The maximum Gasteiger partial charge on any atom is 0.303 e. The Morgan fingerprint density at radius 3 is 2.34 bits per heavy atom. The summed E-state index contributed by atoms with van der Waals surface area (Å²) in [5.41, 5.74) is 5.50. The van der Waals surface area contributed by atoms with Crippen molar-refractivity contribution in [3.8, 4) is 11.5 Å². The van der Waals surface area contributed by atoms with Gasteiger partial charge in [-0.15, -0.1) is 0 Å². The van der Waals surface area contributed by atoms with E-state index in [0.717, 1.165) is 30.4 Å². The van der Waals surface area contributed by atoms with Gasteiger partial charge in [0.2, 0.25) is 6.29 Å². The zero-order chi connectivity index (χ0) is 25.8. The third-order valence-corrected chi connectivity index (χ3v) is 8.11.